The fourth-order valence-corrected chi connectivity index (χ4v) is 2.89. The van der Waals surface area contributed by atoms with E-state index in [2.05, 4.69) is 79.7 Å². The minimum atomic E-state index is 1.03. The Kier molecular flexibility index (Phi) is 5.04. The maximum absolute atomic E-state index is 3.48. The van der Waals surface area contributed by atoms with Gasteiger partial charge in [-0.25, -0.2) is 24.6 Å². The summed E-state index contributed by atoms with van der Waals surface area (Å²) in [5, 5.41) is 0. The quantitative estimate of drug-likeness (QED) is 0.460. The third kappa shape index (κ3) is 4.69. The van der Waals surface area contributed by atoms with Gasteiger partial charge in [0.2, 0.25) is 6.42 Å². The van der Waals surface area contributed by atoms with Crippen molar-refractivity contribution >= 4 is 0 Å². The Balaban J connectivity index is 1.55. The van der Waals surface area contributed by atoms with E-state index in [1.165, 1.54) is 0 Å². The molecule has 0 nitrogen and oxygen atoms in total. The molecule has 0 saturated heterocycles. The van der Waals surface area contributed by atoms with Crippen LogP contribution in [0.2, 0.25) is 0 Å². The topological polar surface area (TPSA) is 0 Å². The largest absolute Gasteiger partial charge is 0.401 e. The molecule has 0 N–H and O–H groups in total. The van der Waals surface area contributed by atoms with Crippen LogP contribution in [0.4, 0.5) is 0 Å². The third-order valence-electron chi connectivity index (χ3n) is 4.14. The Hall–Kier alpha value is -3.69. The number of allylic oxidation sites excluding steroid dienone is 14. The lowest BCUT2D eigenvalue weighted by atomic mass is 9.91. The van der Waals surface area contributed by atoms with E-state index >= 15 is 0 Å². The molecule has 3 aliphatic carbocycles. The van der Waals surface area contributed by atoms with Crippen molar-refractivity contribution in [3.05, 3.63) is 162 Å². The molecule has 0 fully saturated rings. The molecule has 0 amide bonds. The highest BCUT2D eigenvalue weighted by Crippen LogP contribution is 2.24. The summed E-state index contributed by atoms with van der Waals surface area (Å²) in [6.45, 7) is 0. The lowest BCUT2D eigenvalue weighted by Gasteiger charge is -2.22. The number of hydrogen-bond donors (Lipinski definition) is 0. The van der Waals surface area contributed by atoms with Crippen LogP contribution in [0.25, 0.3) is 0 Å². The smallest absolute Gasteiger partial charge is 0.276 e. The Morgan fingerprint density at radius 2 is 1.74 bits per heavy atom. The van der Waals surface area contributed by atoms with Gasteiger partial charge in [0.25, 0.3) is 6.08 Å². The standard InChI is InChI=1S/C27H18/c1-3-9-22(10-4-1)17-24-13-7-15-26(19-24)21-27-16-8-14-25(20-27)18-23-11-5-2-6-12-23/h1-16,19-20H. The average molecular weight is 342 g/mol. The van der Waals surface area contributed by atoms with Crippen molar-refractivity contribution in [3.8, 4) is 0 Å². The molecule has 0 atom stereocenters. The van der Waals surface area contributed by atoms with Crippen LogP contribution in [0.3, 0.4) is 0 Å². The minimum absolute atomic E-state index is 1.03. The van der Waals surface area contributed by atoms with Crippen LogP contribution in [0.1, 0.15) is 5.56 Å². The van der Waals surface area contributed by atoms with Crippen LogP contribution >= 0.6 is 0 Å². The van der Waals surface area contributed by atoms with Gasteiger partial charge in [-0.2, -0.15) is 42.5 Å². The Morgan fingerprint density at radius 1 is 0.926 bits per heavy atom. The summed E-state index contributed by atoms with van der Waals surface area (Å²) in [6, 6.07) is 10.2. The van der Waals surface area contributed by atoms with E-state index in [1.54, 1.807) is 0 Å². The molecule has 0 unspecified atom stereocenters. The summed E-state index contributed by atoms with van der Waals surface area (Å²) in [6.07, 6.45) is 33.6. The van der Waals surface area contributed by atoms with Crippen LogP contribution in [0, 0.1) is 37.8 Å². The predicted octanol–water partition coefficient (Wildman–Crippen LogP) is 5.95. The summed E-state index contributed by atoms with van der Waals surface area (Å²) in [5.41, 5.74) is 9.73. The number of rotatable bonds is 2. The molecule has 126 valence electrons. The van der Waals surface area contributed by atoms with Gasteiger partial charge in [0.15, 0.2) is 18.1 Å². The highest BCUT2D eigenvalue weighted by Gasteiger charge is 2.30. The molecule has 1 aromatic carbocycles. The molecular formula is C27H18. The first-order valence-electron chi connectivity index (χ1n) is 8.96. The van der Waals surface area contributed by atoms with Crippen molar-refractivity contribution in [2.75, 3.05) is 0 Å². The fraction of sp³-hybridized carbons (Fsp3) is 0. The maximum atomic E-state index is 3.48. The number of hydrogen-bond acceptors (Lipinski definition) is 0. The SMILES string of the molecule is C(=C1C=C[CH-]C=C1)=C1C=C[CH-]C([C-]=C2C=C[CH+]C(=[C+]c3ccccc3)[CH+]2)=C1. The zero-order valence-corrected chi connectivity index (χ0v) is 14.9. The molecule has 0 heteroatoms. The second-order valence-corrected chi connectivity index (χ2v) is 6.27. The Morgan fingerprint density at radius 3 is 2.59 bits per heavy atom. The summed E-state index contributed by atoms with van der Waals surface area (Å²) in [5.74, 6) is 0. The van der Waals surface area contributed by atoms with E-state index in [4.69, 9.17) is 0 Å². The van der Waals surface area contributed by atoms with E-state index in [1.807, 2.05) is 48.9 Å². The first-order valence-corrected chi connectivity index (χ1v) is 8.96. The lowest BCUT2D eigenvalue weighted by Crippen LogP contribution is -1.97. The van der Waals surface area contributed by atoms with Crippen LogP contribution in [-0.2, 0) is 0 Å². The van der Waals surface area contributed by atoms with Crippen molar-refractivity contribution < 1.29 is 0 Å². The van der Waals surface area contributed by atoms with Crippen LogP contribution in [0.15, 0.2) is 119 Å². The van der Waals surface area contributed by atoms with Gasteiger partial charge in [0.05, 0.1) is 0 Å². The van der Waals surface area contributed by atoms with Crippen LogP contribution < -0.4 is 0 Å². The van der Waals surface area contributed by atoms with Crippen molar-refractivity contribution in [2.45, 2.75) is 0 Å². The molecule has 27 heavy (non-hydrogen) atoms. The van der Waals surface area contributed by atoms with E-state index in [9.17, 15) is 0 Å². The second-order valence-electron chi connectivity index (χ2n) is 6.27. The van der Waals surface area contributed by atoms with E-state index in [-0.39, 0.29) is 0 Å². The average Bonchev–Trinajstić information content (AvgIpc) is 2.70. The molecule has 0 heterocycles. The summed E-state index contributed by atoms with van der Waals surface area (Å²) in [4.78, 5) is 0. The lowest BCUT2D eigenvalue weighted by molar-refractivity contribution is 1.31. The molecule has 0 aliphatic heterocycles. The van der Waals surface area contributed by atoms with Crippen molar-refractivity contribution in [2.24, 2.45) is 0 Å². The first-order chi connectivity index (χ1) is 13.3. The molecule has 3 aliphatic rings. The second kappa shape index (κ2) is 8.13. The molecule has 0 bridgehead atoms. The third-order valence-corrected chi connectivity index (χ3v) is 4.14. The van der Waals surface area contributed by atoms with Gasteiger partial charge >= 0.3 is 5.57 Å². The van der Waals surface area contributed by atoms with Crippen LogP contribution in [0.5, 0.6) is 0 Å². The summed E-state index contributed by atoms with van der Waals surface area (Å²) < 4.78 is 0. The van der Waals surface area contributed by atoms with E-state index in [0.717, 1.165) is 33.4 Å². The molecule has 0 saturated carbocycles. The first kappa shape index (κ1) is 16.8. The maximum Gasteiger partial charge on any atom is 0.401 e. The zero-order valence-electron chi connectivity index (χ0n) is 14.9. The molecule has 4 rings (SSSR count). The monoisotopic (exact) mass is 342 g/mol. The fourth-order valence-electron chi connectivity index (χ4n) is 2.89. The van der Waals surface area contributed by atoms with Gasteiger partial charge < -0.3 is 0 Å². The van der Waals surface area contributed by atoms with Gasteiger partial charge in [0.1, 0.15) is 11.6 Å². The van der Waals surface area contributed by atoms with Gasteiger partial charge in [-0.3, -0.25) is 5.57 Å². The van der Waals surface area contributed by atoms with Gasteiger partial charge in [-0.05, 0) is 12.1 Å². The van der Waals surface area contributed by atoms with Gasteiger partial charge in [-0.1, -0.05) is 23.8 Å². The molecule has 0 radical (unpaired) electrons. The van der Waals surface area contributed by atoms with Gasteiger partial charge in [-0.15, -0.1) is 5.57 Å². The minimum Gasteiger partial charge on any atom is -0.276 e. The highest BCUT2D eigenvalue weighted by molar-refractivity contribution is 5.54. The van der Waals surface area contributed by atoms with Crippen molar-refractivity contribution in [3.63, 3.8) is 0 Å². The summed E-state index contributed by atoms with van der Waals surface area (Å²) in [7, 11) is 0. The van der Waals surface area contributed by atoms with Crippen molar-refractivity contribution in [1.82, 2.24) is 0 Å². The van der Waals surface area contributed by atoms with E-state index in [0.29, 0.717) is 0 Å². The zero-order chi connectivity index (χ0) is 18.3. The van der Waals surface area contributed by atoms with Crippen LogP contribution in [-0.4, -0.2) is 0 Å². The molecular weight excluding hydrogens is 324 g/mol. The van der Waals surface area contributed by atoms with Gasteiger partial charge in [0, 0.05) is 0 Å². The highest BCUT2D eigenvalue weighted by atomic mass is 14.1. The number of benzene rings is 1. The molecule has 0 aromatic heterocycles. The Bertz CT molecular complexity index is 962. The molecule has 1 aromatic rings. The van der Waals surface area contributed by atoms with E-state index < -0.39 is 0 Å². The Labute approximate surface area is 162 Å². The molecule has 0 spiro atoms. The van der Waals surface area contributed by atoms with Crippen molar-refractivity contribution in [1.29, 1.82) is 0 Å². The summed E-state index contributed by atoms with van der Waals surface area (Å²) >= 11 is 0. The normalized spacial score (nSPS) is 20.2. The predicted molar refractivity (Wildman–Crippen MR) is 111 cm³/mol.